The standard InChI is InChI=1S/C15H18O6/c1-19-14(17)8-12(16)13(9-15(18)20-2)21-10-11-6-4-3-5-7-11/h3-7,13H,8-10H2,1-2H3. The first-order valence-electron chi connectivity index (χ1n) is 6.38. The number of benzene rings is 1. The highest BCUT2D eigenvalue weighted by molar-refractivity contribution is 5.99. The lowest BCUT2D eigenvalue weighted by molar-refractivity contribution is -0.152. The van der Waals surface area contributed by atoms with E-state index in [2.05, 4.69) is 9.47 Å². The Labute approximate surface area is 123 Å². The molecule has 0 bridgehead atoms. The van der Waals surface area contributed by atoms with Crippen molar-refractivity contribution in [3.05, 3.63) is 35.9 Å². The van der Waals surface area contributed by atoms with Gasteiger partial charge < -0.3 is 14.2 Å². The Morgan fingerprint density at radius 3 is 2.19 bits per heavy atom. The Bertz CT molecular complexity index is 482. The number of methoxy groups -OCH3 is 2. The van der Waals surface area contributed by atoms with Gasteiger partial charge in [0.1, 0.15) is 12.5 Å². The van der Waals surface area contributed by atoms with Gasteiger partial charge in [-0.05, 0) is 5.56 Å². The average Bonchev–Trinajstić information content (AvgIpc) is 2.51. The van der Waals surface area contributed by atoms with E-state index in [1.165, 1.54) is 14.2 Å². The topological polar surface area (TPSA) is 78.9 Å². The second kappa shape index (κ2) is 8.86. The summed E-state index contributed by atoms with van der Waals surface area (Å²) in [5, 5.41) is 0. The van der Waals surface area contributed by atoms with E-state index in [0.29, 0.717) is 0 Å². The van der Waals surface area contributed by atoms with Crippen molar-refractivity contribution in [3.63, 3.8) is 0 Å². The highest BCUT2D eigenvalue weighted by atomic mass is 16.5. The second-order valence-corrected chi connectivity index (χ2v) is 4.28. The minimum Gasteiger partial charge on any atom is -0.469 e. The van der Waals surface area contributed by atoms with Crippen molar-refractivity contribution in [2.75, 3.05) is 14.2 Å². The van der Waals surface area contributed by atoms with Gasteiger partial charge in [-0.15, -0.1) is 0 Å². The largest absolute Gasteiger partial charge is 0.469 e. The minimum atomic E-state index is -1.03. The summed E-state index contributed by atoms with van der Waals surface area (Å²) in [7, 11) is 2.41. The van der Waals surface area contributed by atoms with Crippen LogP contribution in [0.4, 0.5) is 0 Å². The lowest BCUT2D eigenvalue weighted by Gasteiger charge is -2.15. The van der Waals surface area contributed by atoms with E-state index >= 15 is 0 Å². The fourth-order valence-corrected chi connectivity index (χ4v) is 1.60. The summed E-state index contributed by atoms with van der Waals surface area (Å²) in [5.74, 6) is -1.76. The summed E-state index contributed by atoms with van der Waals surface area (Å²) in [6.07, 6.45) is -1.71. The van der Waals surface area contributed by atoms with Crippen molar-refractivity contribution < 1.29 is 28.6 Å². The molecule has 0 amide bonds. The predicted octanol–water partition coefficient (Wildman–Crippen LogP) is 1.27. The molecule has 0 saturated heterocycles. The molecule has 6 nitrogen and oxygen atoms in total. The van der Waals surface area contributed by atoms with Crippen LogP contribution < -0.4 is 0 Å². The summed E-state index contributed by atoms with van der Waals surface area (Å²) >= 11 is 0. The molecule has 114 valence electrons. The molecule has 0 saturated carbocycles. The van der Waals surface area contributed by atoms with E-state index in [9.17, 15) is 14.4 Å². The Morgan fingerprint density at radius 2 is 1.62 bits per heavy atom. The van der Waals surface area contributed by atoms with Crippen molar-refractivity contribution in [2.45, 2.75) is 25.6 Å². The van der Waals surface area contributed by atoms with Crippen LogP contribution in [0.15, 0.2) is 30.3 Å². The van der Waals surface area contributed by atoms with Gasteiger partial charge >= 0.3 is 11.9 Å². The molecule has 0 aliphatic rings. The van der Waals surface area contributed by atoms with Crippen LogP contribution in [0.2, 0.25) is 0 Å². The van der Waals surface area contributed by atoms with E-state index in [1.54, 1.807) is 0 Å². The van der Waals surface area contributed by atoms with Crippen molar-refractivity contribution >= 4 is 17.7 Å². The molecular formula is C15H18O6. The molecule has 6 heteroatoms. The minimum absolute atomic E-state index is 0.162. The Morgan fingerprint density at radius 1 is 1.00 bits per heavy atom. The van der Waals surface area contributed by atoms with Crippen molar-refractivity contribution in [3.8, 4) is 0 Å². The molecule has 0 radical (unpaired) electrons. The van der Waals surface area contributed by atoms with E-state index in [0.717, 1.165) is 5.56 Å². The van der Waals surface area contributed by atoms with Gasteiger partial charge in [-0.25, -0.2) is 0 Å². The highest BCUT2D eigenvalue weighted by Crippen LogP contribution is 2.10. The summed E-state index contributed by atoms with van der Waals surface area (Å²) in [5.41, 5.74) is 0.859. The Kier molecular flexibility index (Phi) is 7.11. The van der Waals surface area contributed by atoms with E-state index in [1.807, 2.05) is 30.3 Å². The number of esters is 2. The number of hydrogen-bond donors (Lipinski definition) is 0. The predicted molar refractivity (Wildman–Crippen MR) is 73.3 cm³/mol. The third kappa shape index (κ3) is 6.18. The van der Waals surface area contributed by atoms with Crippen LogP contribution in [0.3, 0.4) is 0 Å². The van der Waals surface area contributed by atoms with Crippen LogP contribution in [0, 0.1) is 0 Å². The first-order valence-corrected chi connectivity index (χ1v) is 6.38. The molecule has 1 atom stereocenters. The molecule has 0 heterocycles. The molecule has 1 aromatic carbocycles. The van der Waals surface area contributed by atoms with Crippen LogP contribution in [-0.2, 0) is 35.2 Å². The SMILES string of the molecule is COC(=O)CC(=O)C(CC(=O)OC)OCc1ccccc1. The molecule has 0 N–H and O–H groups in total. The van der Waals surface area contributed by atoms with Crippen molar-refractivity contribution in [1.29, 1.82) is 0 Å². The molecule has 0 aliphatic carbocycles. The number of rotatable bonds is 8. The van der Waals surface area contributed by atoms with Crippen LogP contribution in [-0.4, -0.2) is 38.0 Å². The van der Waals surface area contributed by atoms with Crippen LogP contribution in [0.25, 0.3) is 0 Å². The summed E-state index contributed by atoms with van der Waals surface area (Å²) in [4.78, 5) is 34.4. The monoisotopic (exact) mass is 294 g/mol. The van der Waals surface area contributed by atoms with Gasteiger partial charge in [-0.1, -0.05) is 30.3 Å². The van der Waals surface area contributed by atoms with Crippen molar-refractivity contribution in [2.24, 2.45) is 0 Å². The number of carbonyl (C=O) groups is 3. The van der Waals surface area contributed by atoms with E-state index < -0.39 is 30.2 Å². The molecule has 0 aromatic heterocycles. The van der Waals surface area contributed by atoms with Crippen LogP contribution in [0.1, 0.15) is 18.4 Å². The zero-order chi connectivity index (χ0) is 15.7. The Balaban J connectivity index is 2.65. The zero-order valence-electron chi connectivity index (χ0n) is 12.0. The molecular weight excluding hydrogens is 276 g/mol. The number of carbonyl (C=O) groups excluding carboxylic acids is 3. The molecule has 0 fully saturated rings. The normalized spacial score (nSPS) is 11.5. The Hall–Kier alpha value is -2.21. The van der Waals surface area contributed by atoms with Gasteiger partial charge in [-0.3, -0.25) is 14.4 Å². The quantitative estimate of drug-likeness (QED) is 0.530. The third-order valence-electron chi connectivity index (χ3n) is 2.78. The molecule has 21 heavy (non-hydrogen) atoms. The molecule has 0 spiro atoms. The third-order valence-corrected chi connectivity index (χ3v) is 2.78. The molecule has 1 aromatic rings. The fraction of sp³-hybridized carbons (Fsp3) is 0.400. The van der Waals surface area contributed by atoms with Gasteiger partial charge in [0.15, 0.2) is 5.78 Å². The van der Waals surface area contributed by atoms with Crippen LogP contribution in [0.5, 0.6) is 0 Å². The maximum Gasteiger partial charge on any atom is 0.313 e. The number of ether oxygens (including phenoxy) is 3. The smallest absolute Gasteiger partial charge is 0.313 e. The molecule has 1 rings (SSSR count). The van der Waals surface area contributed by atoms with Gasteiger partial charge in [0.2, 0.25) is 0 Å². The average molecular weight is 294 g/mol. The highest BCUT2D eigenvalue weighted by Gasteiger charge is 2.25. The summed E-state index contributed by atoms with van der Waals surface area (Å²) < 4.78 is 14.4. The lowest BCUT2D eigenvalue weighted by atomic mass is 10.1. The second-order valence-electron chi connectivity index (χ2n) is 4.28. The van der Waals surface area contributed by atoms with Gasteiger partial charge in [0, 0.05) is 0 Å². The molecule has 0 aliphatic heterocycles. The van der Waals surface area contributed by atoms with Gasteiger partial charge in [0.25, 0.3) is 0 Å². The van der Waals surface area contributed by atoms with Gasteiger partial charge in [-0.2, -0.15) is 0 Å². The maximum absolute atomic E-state index is 12.0. The maximum atomic E-state index is 12.0. The summed E-state index contributed by atoms with van der Waals surface area (Å²) in [6, 6.07) is 9.20. The van der Waals surface area contributed by atoms with Crippen LogP contribution >= 0.6 is 0 Å². The number of ketones is 1. The van der Waals surface area contributed by atoms with E-state index in [-0.39, 0.29) is 13.0 Å². The number of hydrogen-bond acceptors (Lipinski definition) is 6. The van der Waals surface area contributed by atoms with Gasteiger partial charge in [0.05, 0.1) is 27.2 Å². The first kappa shape index (κ1) is 16.8. The fourth-order valence-electron chi connectivity index (χ4n) is 1.60. The number of Topliss-reactive ketones (excluding diaryl/α,β-unsaturated/α-hetero) is 1. The van der Waals surface area contributed by atoms with E-state index in [4.69, 9.17) is 4.74 Å². The molecule has 1 unspecified atom stereocenters. The zero-order valence-corrected chi connectivity index (χ0v) is 12.0. The first-order chi connectivity index (χ1) is 10.1. The summed E-state index contributed by atoms with van der Waals surface area (Å²) in [6.45, 7) is 0.162. The lowest BCUT2D eigenvalue weighted by Crippen LogP contribution is -2.29. The van der Waals surface area contributed by atoms with Crippen molar-refractivity contribution in [1.82, 2.24) is 0 Å².